The second kappa shape index (κ2) is 6.37. The van der Waals surface area contributed by atoms with Crippen molar-refractivity contribution >= 4 is 11.6 Å². The van der Waals surface area contributed by atoms with Gasteiger partial charge in [0, 0.05) is 5.02 Å². The molecule has 0 aliphatic heterocycles. The van der Waals surface area contributed by atoms with Crippen LogP contribution in [0.5, 0.6) is 0 Å². The van der Waals surface area contributed by atoms with E-state index in [2.05, 4.69) is 68.4 Å². The van der Waals surface area contributed by atoms with Gasteiger partial charge in [-0.25, -0.2) is 0 Å². The molecule has 0 N–H and O–H groups in total. The Labute approximate surface area is 137 Å². The van der Waals surface area contributed by atoms with Crippen molar-refractivity contribution in [3.05, 3.63) is 94.0 Å². The fourth-order valence-corrected chi connectivity index (χ4v) is 3.14. The zero-order valence-corrected chi connectivity index (χ0v) is 13.7. The minimum Gasteiger partial charge on any atom is -0.0840 e. The van der Waals surface area contributed by atoms with E-state index in [1.54, 1.807) is 0 Å². The maximum Gasteiger partial charge on any atom is 0.0441 e. The molecule has 1 heteroatoms. The van der Waals surface area contributed by atoms with Gasteiger partial charge in [-0.2, -0.15) is 0 Å². The van der Waals surface area contributed by atoms with Gasteiger partial charge in [0.25, 0.3) is 0 Å². The summed E-state index contributed by atoms with van der Waals surface area (Å²) in [4.78, 5) is 0. The quantitative estimate of drug-likeness (QED) is 0.539. The Morgan fingerprint density at radius 2 is 1.36 bits per heavy atom. The molecule has 110 valence electrons. The minimum atomic E-state index is 0.836. The number of hydrogen-bond donors (Lipinski definition) is 0. The van der Waals surface area contributed by atoms with Crippen LogP contribution < -0.4 is 0 Å². The SMILES string of the molecule is Cc1ccc(C)c(-c2ccccc2)c1Cc1ccccc1Cl. The monoisotopic (exact) mass is 306 g/mol. The average Bonchev–Trinajstić information content (AvgIpc) is 2.54. The van der Waals surface area contributed by atoms with Gasteiger partial charge in [0.2, 0.25) is 0 Å². The van der Waals surface area contributed by atoms with Gasteiger partial charge in [-0.1, -0.05) is 72.3 Å². The van der Waals surface area contributed by atoms with Crippen LogP contribution in [0.4, 0.5) is 0 Å². The summed E-state index contributed by atoms with van der Waals surface area (Å²) in [6.07, 6.45) is 0.859. The van der Waals surface area contributed by atoms with E-state index < -0.39 is 0 Å². The highest BCUT2D eigenvalue weighted by molar-refractivity contribution is 6.31. The molecule has 3 aromatic rings. The molecule has 3 aromatic carbocycles. The van der Waals surface area contributed by atoms with Crippen molar-refractivity contribution < 1.29 is 0 Å². The van der Waals surface area contributed by atoms with Crippen LogP contribution in [0.3, 0.4) is 0 Å². The lowest BCUT2D eigenvalue weighted by Crippen LogP contribution is -1.99. The number of hydrogen-bond acceptors (Lipinski definition) is 0. The molecule has 22 heavy (non-hydrogen) atoms. The largest absolute Gasteiger partial charge is 0.0840 e. The van der Waals surface area contributed by atoms with Crippen LogP contribution in [0.2, 0.25) is 5.02 Å². The highest BCUT2D eigenvalue weighted by Crippen LogP contribution is 2.32. The first kappa shape index (κ1) is 14.9. The van der Waals surface area contributed by atoms with Crippen molar-refractivity contribution in [3.8, 4) is 11.1 Å². The number of benzene rings is 3. The first-order valence-electron chi connectivity index (χ1n) is 7.54. The normalized spacial score (nSPS) is 10.7. The molecule has 0 nitrogen and oxygen atoms in total. The smallest absolute Gasteiger partial charge is 0.0441 e. The Kier molecular flexibility index (Phi) is 4.31. The van der Waals surface area contributed by atoms with Crippen LogP contribution in [0.15, 0.2) is 66.7 Å². The van der Waals surface area contributed by atoms with Crippen molar-refractivity contribution in [3.63, 3.8) is 0 Å². The second-order valence-corrected chi connectivity index (χ2v) is 6.09. The van der Waals surface area contributed by atoms with Crippen molar-refractivity contribution in [2.24, 2.45) is 0 Å². The molecule has 0 aliphatic carbocycles. The molecule has 3 rings (SSSR count). The average molecular weight is 307 g/mol. The minimum absolute atomic E-state index is 0.836. The first-order chi connectivity index (χ1) is 10.7. The van der Waals surface area contributed by atoms with E-state index in [4.69, 9.17) is 11.6 Å². The predicted molar refractivity (Wildman–Crippen MR) is 95.6 cm³/mol. The molecule has 0 aromatic heterocycles. The van der Waals surface area contributed by atoms with Crippen molar-refractivity contribution in [1.82, 2.24) is 0 Å². The van der Waals surface area contributed by atoms with E-state index in [0.29, 0.717) is 0 Å². The lowest BCUT2D eigenvalue weighted by Gasteiger charge is -2.17. The summed E-state index contributed by atoms with van der Waals surface area (Å²) >= 11 is 6.36. The van der Waals surface area contributed by atoms with Gasteiger partial charge in [-0.05, 0) is 59.7 Å². The summed E-state index contributed by atoms with van der Waals surface area (Å²) in [7, 11) is 0. The van der Waals surface area contributed by atoms with Gasteiger partial charge >= 0.3 is 0 Å². The Morgan fingerprint density at radius 3 is 2.09 bits per heavy atom. The third-order valence-corrected chi connectivity index (χ3v) is 4.51. The molecule has 0 saturated heterocycles. The van der Waals surface area contributed by atoms with Crippen LogP contribution in [-0.2, 0) is 6.42 Å². The van der Waals surface area contributed by atoms with Gasteiger partial charge in [0.15, 0.2) is 0 Å². The lowest BCUT2D eigenvalue weighted by molar-refractivity contribution is 1.15. The predicted octanol–water partition coefficient (Wildman–Crippen LogP) is 6.21. The van der Waals surface area contributed by atoms with E-state index in [-0.39, 0.29) is 0 Å². The van der Waals surface area contributed by atoms with E-state index in [1.807, 2.05) is 12.1 Å². The summed E-state index contributed by atoms with van der Waals surface area (Å²) in [6.45, 7) is 4.36. The molecule has 0 heterocycles. The Bertz CT molecular complexity index is 788. The van der Waals surface area contributed by atoms with Crippen LogP contribution in [0.1, 0.15) is 22.3 Å². The van der Waals surface area contributed by atoms with E-state index in [1.165, 1.54) is 33.4 Å². The molecule has 0 radical (unpaired) electrons. The van der Waals surface area contributed by atoms with Crippen LogP contribution in [0.25, 0.3) is 11.1 Å². The topological polar surface area (TPSA) is 0 Å². The zero-order valence-electron chi connectivity index (χ0n) is 12.9. The Balaban J connectivity index is 2.15. The number of halogens is 1. The lowest BCUT2D eigenvalue weighted by atomic mass is 9.88. The fraction of sp³-hybridized carbons (Fsp3) is 0.143. The Hall–Kier alpha value is -2.05. The molecular weight excluding hydrogens is 288 g/mol. The molecule has 0 aliphatic rings. The van der Waals surface area contributed by atoms with Crippen LogP contribution in [-0.4, -0.2) is 0 Å². The molecule has 0 atom stereocenters. The number of aryl methyl sites for hydroxylation is 2. The zero-order chi connectivity index (χ0) is 15.5. The summed E-state index contributed by atoms with van der Waals surface area (Å²) in [6, 6.07) is 23.1. The van der Waals surface area contributed by atoms with Gasteiger partial charge in [-0.3, -0.25) is 0 Å². The molecule has 0 fully saturated rings. The Morgan fingerprint density at radius 1 is 0.727 bits per heavy atom. The maximum atomic E-state index is 6.36. The summed E-state index contributed by atoms with van der Waals surface area (Å²) in [5, 5.41) is 0.836. The highest BCUT2D eigenvalue weighted by Gasteiger charge is 2.12. The van der Waals surface area contributed by atoms with E-state index in [9.17, 15) is 0 Å². The molecule has 0 unspecified atom stereocenters. The summed E-state index contributed by atoms with van der Waals surface area (Å²) in [5.74, 6) is 0. The van der Waals surface area contributed by atoms with Crippen LogP contribution in [0, 0.1) is 13.8 Å². The fourth-order valence-electron chi connectivity index (χ4n) is 2.94. The van der Waals surface area contributed by atoms with E-state index in [0.717, 1.165) is 11.4 Å². The standard InChI is InChI=1S/C21H19Cl/c1-15-12-13-16(2)21(17-8-4-3-5-9-17)19(15)14-18-10-6-7-11-20(18)22/h3-13H,14H2,1-2H3. The number of rotatable bonds is 3. The van der Waals surface area contributed by atoms with Gasteiger partial charge in [-0.15, -0.1) is 0 Å². The third kappa shape index (κ3) is 2.93. The molecule has 0 spiro atoms. The third-order valence-electron chi connectivity index (χ3n) is 4.14. The van der Waals surface area contributed by atoms with Gasteiger partial charge < -0.3 is 0 Å². The van der Waals surface area contributed by atoms with Crippen LogP contribution >= 0.6 is 11.6 Å². The van der Waals surface area contributed by atoms with Crippen molar-refractivity contribution in [1.29, 1.82) is 0 Å². The van der Waals surface area contributed by atoms with Gasteiger partial charge in [0.05, 0.1) is 0 Å². The van der Waals surface area contributed by atoms with Gasteiger partial charge in [0.1, 0.15) is 0 Å². The molecular formula is C21H19Cl. The summed E-state index contributed by atoms with van der Waals surface area (Å²) in [5.41, 5.74) is 7.75. The second-order valence-electron chi connectivity index (χ2n) is 5.69. The van der Waals surface area contributed by atoms with E-state index >= 15 is 0 Å². The highest BCUT2D eigenvalue weighted by atomic mass is 35.5. The first-order valence-corrected chi connectivity index (χ1v) is 7.92. The molecule has 0 saturated carbocycles. The molecule has 0 amide bonds. The molecule has 0 bridgehead atoms. The summed E-state index contributed by atoms with van der Waals surface area (Å²) < 4.78 is 0. The van der Waals surface area contributed by atoms with Crippen molar-refractivity contribution in [2.45, 2.75) is 20.3 Å². The maximum absolute atomic E-state index is 6.36. The van der Waals surface area contributed by atoms with Crippen molar-refractivity contribution in [2.75, 3.05) is 0 Å².